The van der Waals surface area contributed by atoms with Crippen molar-refractivity contribution in [2.45, 2.75) is 64.1 Å². The maximum atomic E-state index is 9.89. The minimum atomic E-state index is -0.234. The summed E-state index contributed by atoms with van der Waals surface area (Å²) in [6.45, 7) is 2.11. The topological polar surface area (TPSA) is 53.4 Å². The fourth-order valence-electron chi connectivity index (χ4n) is 5.16. The number of pyridine rings is 1. The minimum Gasteiger partial charge on any atom is -0.393 e. The molecule has 0 saturated heterocycles. The fourth-order valence-corrected chi connectivity index (χ4v) is 5.16. The molecule has 2 fully saturated rings. The van der Waals surface area contributed by atoms with Crippen LogP contribution in [0.4, 0.5) is 0 Å². The summed E-state index contributed by atoms with van der Waals surface area (Å²) in [5, 5.41) is 20.9. The molecule has 1 heterocycles. The van der Waals surface area contributed by atoms with Crippen molar-refractivity contribution in [1.82, 2.24) is 4.98 Å². The van der Waals surface area contributed by atoms with E-state index in [1.807, 2.05) is 30.3 Å². The molecule has 4 atom stereocenters. The fraction of sp³-hybridized carbons (Fsp3) is 0.444. The number of nitrogens with zero attached hydrogens (tertiary/aromatic N) is 1. The first-order valence-electron chi connectivity index (χ1n) is 11.3. The van der Waals surface area contributed by atoms with Crippen LogP contribution in [0, 0.1) is 24.8 Å². The van der Waals surface area contributed by atoms with Gasteiger partial charge in [-0.2, -0.15) is 0 Å². The van der Waals surface area contributed by atoms with Crippen molar-refractivity contribution in [2.75, 3.05) is 0 Å². The van der Waals surface area contributed by atoms with Gasteiger partial charge >= 0.3 is 0 Å². The van der Waals surface area contributed by atoms with E-state index in [1.165, 1.54) is 30.2 Å². The van der Waals surface area contributed by atoms with Crippen molar-refractivity contribution in [1.29, 1.82) is 0 Å². The Hall–Kier alpha value is -1.58. The number of aromatic nitrogens is 1. The van der Waals surface area contributed by atoms with Crippen LogP contribution in [0.3, 0.4) is 0 Å². The molecule has 0 aliphatic heterocycles. The van der Waals surface area contributed by atoms with Gasteiger partial charge in [0.25, 0.3) is 0 Å². The van der Waals surface area contributed by atoms with Gasteiger partial charge in [-0.05, 0) is 55.8 Å². The Morgan fingerprint density at radius 2 is 1.58 bits per heavy atom. The van der Waals surface area contributed by atoms with Crippen molar-refractivity contribution in [3.63, 3.8) is 0 Å². The molecular weight excluding hydrogens is 563 g/mol. The molecule has 1 aromatic heterocycles. The molecule has 1 radical (unpaired) electrons. The number of hydrogen-bond acceptors (Lipinski definition) is 3. The summed E-state index contributed by atoms with van der Waals surface area (Å²) in [6, 6.07) is 21.5. The van der Waals surface area contributed by atoms with Gasteiger partial charge in [0.2, 0.25) is 0 Å². The zero-order valence-electron chi connectivity index (χ0n) is 18.1. The van der Waals surface area contributed by atoms with Gasteiger partial charge < -0.3 is 10.2 Å². The van der Waals surface area contributed by atoms with Crippen LogP contribution in [0.25, 0.3) is 22.2 Å². The maximum Gasteiger partial charge on any atom is 0.0597 e. The van der Waals surface area contributed by atoms with Crippen LogP contribution < -0.4 is 0 Å². The molecule has 3 aromatic rings. The van der Waals surface area contributed by atoms with Crippen LogP contribution in [0.15, 0.2) is 54.6 Å². The quantitative estimate of drug-likeness (QED) is 0.355. The Kier molecular flexibility index (Phi) is 8.80. The van der Waals surface area contributed by atoms with Gasteiger partial charge in [-0.25, -0.2) is 0 Å². The molecule has 167 valence electrons. The van der Waals surface area contributed by atoms with Crippen molar-refractivity contribution in [3.05, 3.63) is 66.2 Å². The number of benzene rings is 2. The zero-order chi connectivity index (χ0) is 20.9. The van der Waals surface area contributed by atoms with Crippen LogP contribution >= 0.6 is 0 Å². The normalized spacial score (nSPS) is 25.4. The van der Waals surface area contributed by atoms with Crippen molar-refractivity contribution >= 4 is 10.9 Å². The Balaban J connectivity index is 0.000000176. The van der Waals surface area contributed by atoms with E-state index in [-0.39, 0.29) is 38.2 Å². The number of aliphatic hydroxyl groups excluding tert-OH is 2. The van der Waals surface area contributed by atoms with E-state index in [2.05, 4.69) is 42.2 Å². The Labute approximate surface area is 199 Å². The molecule has 31 heavy (non-hydrogen) atoms. The predicted octanol–water partition coefficient (Wildman–Crippen LogP) is 5.71. The van der Waals surface area contributed by atoms with Gasteiger partial charge in [0.15, 0.2) is 0 Å². The first kappa shape index (κ1) is 24.1. The molecule has 4 heteroatoms. The second-order valence-electron chi connectivity index (χ2n) is 8.80. The zero-order valence-corrected chi connectivity index (χ0v) is 20.5. The third kappa shape index (κ3) is 5.81. The van der Waals surface area contributed by atoms with Crippen molar-refractivity contribution in [2.24, 2.45) is 11.8 Å². The SMILES string of the molecule is Cc1cccc2nc(-c3[c-]cccc3)ccc12.OC1CCCCC2CCCC(O)C12.[Ir]. The van der Waals surface area contributed by atoms with E-state index in [4.69, 9.17) is 0 Å². The average molecular weight is 595 g/mol. The Morgan fingerprint density at radius 3 is 2.35 bits per heavy atom. The van der Waals surface area contributed by atoms with Crippen LogP contribution in [0.5, 0.6) is 0 Å². The summed E-state index contributed by atoms with van der Waals surface area (Å²) in [5.41, 5.74) is 4.32. The predicted molar refractivity (Wildman–Crippen MR) is 122 cm³/mol. The molecule has 2 aromatic carbocycles. The van der Waals surface area contributed by atoms with Gasteiger partial charge in [-0.15, -0.1) is 35.9 Å². The number of hydrogen-bond donors (Lipinski definition) is 2. The molecule has 2 aliphatic carbocycles. The van der Waals surface area contributed by atoms with Gasteiger partial charge in [0.05, 0.1) is 17.7 Å². The van der Waals surface area contributed by atoms with Crippen LogP contribution in [-0.2, 0) is 20.1 Å². The van der Waals surface area contributed by atoms with Gasteiger partial charge in [0.1, 0.15) is 0 Å². The van der Waals surface area contributed by atoms with Crippen molar-refractivity contribution in [3.8, 4) is 11.3 Å². The molecule has 4 unspecified atom stereocenters. The Morgan fingerprint density at radius 1 is 0.839 bits per heavy atom. The molecule has 2 saturated carbocycles. The summed E-state index contributed by atoms with van der Waals surface area (Å²) >= 11 is 0. The van der Waals surface area contributed by atoms with E-state index >= 15 is 0 Å². The molecular formula is C27H32IrNO2-. The Bertz CT molecular complexity index is 962. The number of aliphatic hydroxyl groups is 2. The van der Waals surface area contributed by atoms with E-state index in [0.29, 0.717) is 5.92 Å². The molecule has 3 nitrogen and oxygen atoms in total. The van der Waals surface area contributed by atoms with Gasteiger partial charge in [-0.1, -0.05) is 43.5 Å². The number of fused-ring (bicyclic) bond motifs is 2. The third-order valence-corrected chi connectivity index (χ3v) is 6.77. The first-order chi connectivity index (χ1) is 14.6. The summed E-state index contributed by atoms with van der Waals surface area (Å²) in [7, 11) is 0. The summed E-state index contributed by atoms with van der Waals surface area (Å²) < 4.78 is 0. The molecule has 0 amide bonds. The van der Waals surface area contributed by atoms with Crippen molar-refractivity contribution < 1.29 is 30.3 Å². The maximum absolute atomic E-state index is 9.89. The van der Waals surface area contributed by atoms with Gasteiger partial charge in [-0.3, -0.25) is 4.98 Å². The monoisotopic (exact) mass is 595 g/mol. The van der Waals surface area contributed by atoms with Crippen LogP contribution in [0.2, 0.25) is 0 Å². The van der Waals surface area contributed by atoms with E-state index in [1.54, 1.807) is 0 Å². The van der Waals surface area contributed by atoms with E-state index in [0.717, 1.165) is 42.5 Å². The smallest absolute Gasteiger partial charge is 0.0597 e. The largest absolute Gasteiger partial charge is 0.393 e. The van der Waals surface area contributed by atoms with E-state index in [9.17, 15) is 10.2 Å². The van der Waals surface area contributed by atoms with E-state index < -0.39 is 0 Å². The minimum absolute atomic E-state index is 0. The number of aryl methyl sites for hydroxylation is 1. The standard InChI is InChI=1S/C16H12N.C11H20O2.Ir/c1-12-6-5-9-16-14(12)10-11-15(17-16)13-7-3-2-4-8-13;12-9-6-2-1-4-8-5-3-7-10(13)11(8)9;/h2-7,9-11H,1H3;8-13H,1-7H2;/q-1;;. The average Bonchev–Trinajstić information content (AvgIpc) is 2.97. The van der Waals surface area contributed by atoms with Crippen LogP contribution in [0.1, 0.15) is 50.5 Å². The molecule has 0 bridgehead atoms. The van der Waals surface area contributed by atoms with Crippen LogP contribution in [-0.4, -0.2) is 27.4 Å². The molecule has 0 spiro atoms. The molecule has 2 N–H and O–H groups in total. The summed E-state index contributed by atoms with van der Waals surface area (Å²) in [4.78, 5) is 4.68. The number of rotatable bonds is 1. The third-order valence-electron chi connectivity index (χ3n) is 6.77. The molecule has 2 aliphatic rings. The van der Waals surface area contributed by atoms with Gasteiger partial charge in [0, 0.05) is 31.4 Å². The summed E-state index contributed by atoms with van der Waals surface area (Å²) in [5.74, 6) is 0.789. The second-order valence-corrected chi connectivity index (χ2v) is 8.80. The first-order valence-corrected chi connectivity index (χ1v) is 11.3. The summed E-state index contributed by atoms with van der Waals surface area (Å²) in [6.07, 6.45) is 7.31. The molecule has 5 rings (SSSR count). The second kappa shape index (κ2) is 11.3.